The molecule has 0 fully saturated rings. The maximum atomic E-state index is 11.3. The number of nitrogens with one attached hydrogen (secondary N) is 1. The molecule has 0 saturated heterocycles. The van der Waals surface area contributed by atoms with E-state index >= 15 is 0 Å². The number of amides is 1. The van der Waals surface area contributed by atoms with Crippen LogP contribution in [0.25, 0.3) is 0 Å². The van der Waals surface area contributed by atoms with Gasteiger partial charge in [0.15, 0.2) is 0 Å². The molecular formula is C14H14N2O3PSY-. The zero-order valence-corrected chi connectivity index (χ0v) is 16.4. The topological polar surface area (TPSA) is 72.5 Å². The van der Waals surface area contributed by atoms with Crippen LogP contribution < -0.4 is 9.39 Å². The van der Waals surface area contributed by atoms with Crippen molar-refractivity contribution >= 4 is 37.9 Å². The third kappa shape index (κ3) is 5.86. The van der Waals surface area contributed by atoms with Crippen LogP contribution in [0.15, 0.2) is 54.6 Å². The van der Waals surface area contributed by atoms with E-state index in [1.165, 1.54) is 0 Å². The van der Waals surface area contributed by atoms with E-state index in [0.717, 1.165) is 16.9 Å². The fourth-order valence-corrected chi connectivity index (χ4v) is 2.43. The molecule has 0 aliphatic carbocycles. The van der Waals surface area contributed by atoms with E-state index in [1.54, 1.807) is 12.1 Å². The summed E-state index contributed by atoms with van der Waals surface area (Å²) in [5, 5.41) is 0. The van der Waals surface area contributed by atoms with Gasteiger partial charge in [-0.2, -0.15) is 0 Å². The van der Waals surface area contributed by atoms with Crippen molar-refractivity contribution in [2.45, 2.75) is 6.42 Å². The minimum absolute atomic E-state index is 0. The second-order valence-corrected chi connectivity index (χ2v) is 5.50. The zero-order chi connectivity index (χ0) is 15.2. The largest absolute Gasteiger partial charge is 0.755 e. The van der Waals surface area contributed by atoms with Crippen molar-refractivity contribution in [3.05, 3.63) is 60.2 Å². The molecule has 113 valence electrons. The predicted molar refractivity (Wildman–Crippen MR) is 85.5 cm³/mol. The summed E-state index contributed by atoms with van der Waals surface area (Å²) in [5.74, 6) is -0.554. The Bertz CT molecular complexity index is 640. The quantitative estimate of drug-likeness (QED) is 0.605. The number of rotatable bonds is 5. The summed E-state index contributed by atoms with van der Waals surface area (Å²) in [7, 11) is 2.63. The molecule has 8 heteroatoms. The molecule has 2 aromatic carbocycles. The molecule has 1 amide bonds. The van der Waals surface area contributed by atoms with Crippen molar-refractivity contribution in [1.82, 2.24) is 4.72 Å². The van der Waals surface area contributed by atoms with Crippen LogP contribution in [0.2, 0.25) is 0 Å². The van der Waals surface area contributed by atoms with Crippen LogP contribution in [0.1, 0.15) is 5.56 Å². The number of carbonyl (C=O) groups is 1. The van der Waals surface area contributed by atoms with E-state index in [1.807, 2.05) is 51.9 Å². The number of carbonyl (C=O) groups excluding carboxylic acids is 1. The van der Waals surface area contributed by atoms with Gasteiger partial charge >= 0.3 is 0 Å². The monoisotopic (exact) mass is 410 g/mol. The van der Waals surface area contributed by atoms with Gasteiger partial charge in [0.1, 0.15) is 0 Å². The smallest absolute Gasteiger partial charge is 0.235 e. The molecule has 0 spiro atoms. The molecule has 0 aliphatic rings. The molecule has 0 saturated carbocycles. The summed E-state index contributed by atoms with van der Waals surface area (Å²) in [4.78, 5) is 11.3. The van der Waals surface area contributed by atoms with Crippen molar-refractivity contribution in [2.75, 3.05) is 4.67 Å². The number of hydrogen-bond donors (Lipinski definition) is 1. The van der Waals surface area contributed by atoms with Gasteiger partial charge in [-0.3, -0.25) is 13.7 Å². The van der Waals surface area contributed by atoms with Crippen LogP contribution in [-0.2, 0) is 55.2 Å². The molecule has 2 atom stereocenters. The van der Waals surface area contributed by atoms with E-state index in [-0.39, 0.29) is 39.1 Å². The van der Waals surface area contributed by atoms with E-state index in [0.29, 0.717) is 0 Å². The fraction of sp³-hybridized carbons (Fsp3) is 0.0714. The van der Waals surface area contributed by atoms with Gasteiger partial charge in [0.25, 0.3) is 0 Å². The van der Waals surface area contributed by atoms with Gasteiger partial charge in [0, 0.05) is 55.4 Å². The maximum Gasteiger partial charge on any atom is 0.235 e. The molecule has 2 rings (SSSR count). The second-order valence-electron chi connectivity index (χ2n) is 4.31. The van der Waals surface area contributed by atoms with Gasteiger partial charge in [0.05, 0.1) is 6.42 Å². The molecular weight excluding hydrogens is 396 g/mol. The first-order valence-electron chi connectivity index (χ1n) is 6.14. The van der Waals surface area contributed by atoms with Crippen LogP contribution in [0.3, 0.4) is 0 Å². The van der Waals surface area contributed by atoms with E-state index in [4.69, 9.17) is 0 Å². The van der Waals surface area contributed by atoms with E-state index in [2.05, 4.69) is 9.39 Å². The Kier molecular flexibility index (Phi) is 8.36. The van der Waals surface area contributed by atoms with E-state index in [9.17, 15) is 13.6 Å². The minimum atomic E-state index is -2.57. The molecule has 0 heterocycles. The van der Waals surface area contributed by atoms with Crippen molar-refractivity contribution in [3.8, 4) is 0 Å². The number of anilines is 2. The van der Waals surface area contributed by atoms with Crippen LogP contribution in [0.4, 0.5) is 11.4 Å². The van der Waals surface area contributed by atoms with Gasteiger partial charge < -0.3 is 9.22 Å². The van der Waals surface area contributed by atoms with Crippen molar-refractivity contribution in [1.29, 1.82) is 0 Å². The SMILES string of the molecule is O=C(Cc1ccc(N(P)c2ccccc2)cc1)NS(=O)[O-].[Y]. The maximum absolute atomic E-state index is 11.3. The Hall–Kier alpha value is -0.646. The fourth-order valence-electron chi connectivity index (χ4n) is 1.83. The first-order chi connectivity index (χ1) is 10.1. The first kappa shape index (κ1) is 19.4. The van der Waals surface area contributed by atoms with Gasteiger partial charge in [-0.25, -0.2) is 0 Å². The standard InChI is InChI=1S/C14H15N2O3PS.Y/c17-14(15-21(18)19)10-11-6-8-13(9-7-11)16(20)12-4-2-1-3-5-12;/h1-9H,10,20H2,(H,15,17)(H,18,19);/p-1. The first-order valence-corrected chi connectivity index (χ1v) is 7.73. The minimum Gasteiger partial charge on any atom is -0.755 e. The summed E-state index contributed by atoms with van der Waals surface area (Å²) < 4.78 is 24.5. The van der Waals surface area contributed by atoms with Crippen molar-refractivity contribution in [3.63, 3.8) is 0 Å². The number of benzene rings is 2. The van der Waals surface area contributed by atoms with Crippen LogP contribution in [-0.4, -0.2) is 14.7 Å². The average molecular weight is 410 g/mol. The van der Waals surface area contributed by atoms with Crippen molar-refractivity contribution in [2.24, 2.45) is 0 Å². The number of hydrogen-bond acceptors (Lipinski definition) is 4. The Balaban J connectivity index is 0.00000242. The predicted octanol–water partition coefficient (Wildman–Crippen LogP) is 2.07. The Morgan fingerprint density at radius 2 is 1.64 bits per heavy atom. The Morgan fingerprint density at radius 1 is 1.09 bits per heavy atom. The van der Waals surface area contributed by atoms with Crippen molar-refractivity contribution < 1.29 is 46.3 Å². The summed E-state index contributed by atoms with van der Waals surface area (Å²) in [6.07, 6.45) is 0.0243. The normalized spacial score (nSPS) is 11.2. The van der Waals surface area contributed by atoms with Crippen LogP contribution >= 0.6 is 9.39 Å². The summed E-state index contributed by atoms with van der Waals surface area (Å²) in [5.41, 5.74) is 2.71. The average Bonchev–Trinajstić information content (AvgIpc) is 2.47. The molecule has 2 aromatic rings. The number of para-hydroxylation sites is 1. The van der Waals surface area contributed by atoms with Crippen LogP contribution in [0.5, 0.6) is 0 Å². The van der Waals surface area contributed by atoms with Gasteiger partial charge in [-0.1, -0.05) is 30.3 Å². The molecule has 0 bridgehead atoms. The molecule has 0 aliphatic heterocycles. The summed E-state index contributed by atoms with van der Waals surface area (Å²) in [6.45, 7) is 0. The Morgan fingerprint density at radius 3 is 2.18 bits per heavy atom. The number of nitrogens with zero attached hydrogens (tertiary/aromatic N) is 1. The molecule has 5 nitrogen and oxygen atoms in total. The molecule has 2 unspecified atom stereocenters. The molecule has 1 radical (unpaired) electrons. The van der Waals surface area contributed by atoms with Gasteiger partial charge in [-0.05, 0) is 39.2 Å². The third-order valence-corrected chi connectivity index (χ3v) is 3.80. The van der Waals surface area contributed by atoms with E-state index < -0.39 is 17.2 Å². The second kappa shape index (κ2) is 9.48. The summed E-state index contributed by atoms with van der Waals surface area (Å²) >= 11 is -2.57. The zero-order valence-electron chi connectivity index (χ0n) is 11.6. The van der Waals surface area contributed by atoms with Gasteiger partial charge in [-0.15, -0.1) is 0 Å². The van der Waals surface area contributed by atoms with Crippen LogP contribution in [0, 0.1) is 0 Å². The van der Waals surface area contributed by atoms with Gasteiger partial charge in [0.2, 0.25) is 5.91 Å². The third-order valence-electron chi connectivity index (χ3n) is 2.81. The molecule has 1 N–H and O–H groups in total. The molecule has 22 heavy (non-hydrogen) atoms. The molecule has 0 aromatic heterocycles. The Labute approximate surface area is 159 Å². The summed E-state index contributed by atoms with van der Waals surface area (Å²) in [6, 6.07) is 17.2.